The number of nitrogens with one attached hydrogen (secondary N) is 2. The van der Waals surface area contributed by atoms with E-state index < -0.39 is 40.7 Å². The molecule has 3 rings (SSSR count). The van der Waals surface area contributed by atoms with Crippen LogP contribution in [0.1, 0.15) is 22.8 Å². The van der Waals surface area contributed by atoms with E-state index in [-0.39, 0.29) is 11.3 Å². The van der Waals surface area contributed by atoms with Crippen LogP contribution in [-0.4, -0.2) is 23.0 Å². The van der Waals surface area contributed by atoms with Crippen molar-refractivity contribution < 1.29 is 27.5 Å². The van der Waals surface area contributed by atoms with Crippen molar-refractivity contribution in [1.29, 1.82) is 0 Å². The van der Waals surface area contributed by atoms with E-state index in [4.69, 9.17) is 16.3 Å². The average molecular weight is 494 g/mol. The summed E-state index contributed by atoms with van der Waals surface area (Å²) in [6, 6.07) is 13.2. The van der Waals surface area contributed by atoms with Gasteiger partial charge >= 0.3 is 6.18 Å². The first kappa shape index (κ1) is 24.8. The van der Waals surface area contributed by atoms with Crippen LogP contribution < -0.4 is 20.9 Å². The molecule has 3 aromatic rings. The monoisotopic (exact) mass is 493 g/mol. The Morgan fingerprint density at radius 1 is 1.06 bits per heavy atom. The molecule has 1 aromatic heterocycles. The summed E-state index contributed by atoms with van der Waals surface area (Å²) in [4.78, 5) is 37.3. The van der Waals surface area contributed by atoms with Crippen molar-refractivity contribution in [1.82, 2.24) is 4.57 Å². The van der Waals surface area contributed by atoms with Crippen LogP contribution in [0.4, 0.5) is 24.5 Å². The summed E-state index contributed by atoms with van der Waals surface area (Å²) >= 11 is 5.61. The van der Waals surface area contributed by atoms with Gasteiger partial charge in [0.25, 0.3) is 11.5 Å². The standard InChI is InChI=1S/C23H19ClF3N3O4/c1-2-34-16-9-7-15(8-10-16)28-21(32)17-5-3-4-6-19(17)29-20(31)13-30-12-14(23(25,26)27)11-18(24)22(30)33/h3-12H,2,13H2,1H3,(H,28,32)(H,29,31). The molecule has 0 fully saturated rings. The first-order valence-electron chi connectivity index (χ1n) is 9.98. The third-order valence-corrected chi connectivity index (χ3v) is 4.82. The van der Waals surface area contributed by atoms with Crippen LogP contribution in [0.2, 0.25) is 5.02 Å². The fraction of sp³-hybridized carbons (Fsp3) is 0.174. The number of carbonyl (C=O) groups is 2. The molecule has 0 spiro atoms. The van der Waals surface area contributed by atoms with Gasteiger partial charge in [-0.2, -0.15) is 13.2 Å². The summed E-state index contributed by atoms with van der Waals surface area (Å²) in [6.07, 6.45) is -4.24. The molecule has 0 saturated heterocycles. The zero-order valence-electron chi connectivity index (χ0n) is 17.8. The number of hydrogen-bond acceptors (Lipinski definition) is 4. The van der Waals surface area contributed by atoms with Crippen molar-refractivity contribution in [3.05, 3.63) is 87.3 Å². The van der Waals surface area contributed by atoms with E-state index in [1.54, 1.807) is 36.4 Å². The topological polar surface area (TPSA) is 89.4 Å². The van der Waals surface area contributed by atoms with Crippen LogP contribution in [0, 0.1) is 0 Å². The number of benzene rings is 2. The first-order valence-corrected chi connectivity index (χ1v) is 10.4. The quantitative estimate of drug-likeness (QED) is 0.494. The largest absolute Gasteiger partial charge is 0.494 e. The molecule has 1 heterocycles. The number of rotatable bonds is 7. The molecule has 0 aliphatic heterocycles. The highest BCUT2D eigenvalue weighted by atomic mass is 35.5. The lowest BCUT2D eigenvalue weighted by Crippen LogP contribution is -2.29. The molecule has 0 aliphatic rings. The highest BCUT2D eigenvalue weighted by Gasteiger charge is 2.32. The number of amides is 2. The Labute approximate surface area is 197 Å². The molecule has 2 N–H and O–H groups in total. The second kappa shape index (κ2) is 10.4. The molecule has 2 amide bonds. The van der Waals surface area contributed by atoms with Crippen molar-refractivity contribution in [2.24, 2.45) is 0 Å². The fourth-order valence-electron chi connectivity index (χ4n) is 3.01. The van der Waals surface area contributed by atoms with Gasteiger partial charge in [-0.05, 0) is 49.4 Å². The molecule has 178 valence electrons. The molecule has 0 saturated carbocycles. The summed E-state index contributed by atoms with van der Waals surface area (Å²) in [7, 11) is 0. The summed E-state index contributed by atoms with van der Waals surface area (Å²) < 4.78 is 45.0. The predicted molar refractivity (Wildman–Crippen MR) is 121 cm³/mol. The minimum Gasteiger partial charge on any atom is -0.494 e. The molecule has 34 heavy (non-hydrogen) atoms. The van der Waals surface area contributed by atoms with Gasteiger partial charge in [0.1, 0.15) is 17.3 Å². The van der Waals surface area contributed by atoms with Gasteiger partial charge in [-0.25, -0.2) is 0 Å². The van der Waals surface area contributed by atoms with Crippen LogP contribution in [0.25, 0.3) is 0 Å². The number of anilines is 2. The number of nitrogens with zero attached hydrogens (tertiary/aromatic N) is 1. The lowest BCUT2D eigenvalue weighted by molar-refractivity contribution is -0.138. The molecule has 0 aliphatic carbocycles. The summed E-state index contributed by atoms with van der Waals surface area (Å²) in [5.41, 5.74) is -1.41. The average Bonchev–Trinajstić information content (AvgIpc) is 2.78. The van der Waals surface area contributed by atoms with Gasteiger partial charge < -0.3 is 19.9 Å². The molecule has 0 unspecified atom stereocenters. The van der Waals surface area contributed by atoms with Gasteiger partial charge in [-0.1, -0.05) is 23.7 Å². The van der Waals surface area contributed by atoms with Crippen LogP contribution in [0.3, 0.4) is 0 Å². The van der Waals surface area contributed by atoms with E-state index in [2.05, 4.69) is 10.6 Å². The summed E-state index contributed by atoms with van der Waals surface area (Å²) in [5.74, 6) is -0.712. The van der Waals surface area contributed by atoms with Crippen molar-refractivity contribution in [3.8, 4) is 5.75 Å². The number of pyridine rings is 1. The molecule has 0 bridgehead atoms. The van der Waals surface area contributed by atoms with E-state index in [9.17, 15) is 27.6 Å². The minimum atomic E-state index is -4.75. The van der Waals surface area contributed by atoms with E-state index in [1.807, 2.05) is 6.92 Å². The number of ether oxygens (including phenoxy) is 1. The lowest BCUT2D eigenvalue weighted by atomic mass is 10.1. The minimum absolute atomic E-state index is 0.110. The van der Waals surface area contributed by atoms with E-state index in [0.29, 0.717) is 34.9 Å². The second-order valence-electron chi connectivity index (χ2n) is 7.01. The maximum Gasteiger partial charge on any atom is 0.417 e. The summed E-state index contributed by atoms with van der Waals surface area (Å²) in [5, 5.41) is 4.47. The molecular weight excluding hydrogens is 475 g/mol. The van der Waals surface area contributed by atoms with Crippen molar-refractivity contribution in [2.75, 3.05) is 17.2 Å². The van der Waals surface area contributed by atoms with Gasteiger partial charge in [0.15, 0.2) is 0 Å². The molecule has 0 atom stereocenters. The predicted octanol–water partition coefficient (Wildman–Crippen LogP) is 4.81. The Morgan fingerprint density at radius 2 is 1.74 bits per heavy atom. The summed E-state index contributed by atoms with van der Waals surface area (Å²) in [6.45, 7) is 1.60. The van der Waals surface area contributed by atoms with Gasteiger partial charge in [0.2, 0.25) is 5.91 Å². The molecule has 2 aromatic carbocycles. The first-order chi connectivity index (χ1) is 16.1. The Balaban J connectivity index is 1.76. The van der Waals surface area contributed by atoms with Crippen molar-refractivity contribution in [2.45, 2.75) is 19.6 Å². The van der Waals surface area contributed by atoms with E-state index >= 15 is 0 Å². The van der Waals surface area contributed by atoms with Crippen LogP contribution in [0.5, 0.6) is 5.75 Å². The normalized spacial score (nSPS) is 11.1. The Kier molecular flexibility index (Phi) is 7.62. The zero-order valence-corrected chi connectivity index (χ0v) is 18.5. The highest BCUT2D eigenvalue weighted by Crippen LogP contribution is 2.29. The lowest BCUT2D eigenvalue weighted by Gasteiger charge is -2.14. The molecule has 0 radical (unpaired) electrons. The van der Waals surface area contributed by atoms with Crippen LogP contribution in [0.15, 0.2) is 65.6 Å². The van der Waals surface area contributed by atoms with Gasteiger partial charge in [0.05, 0.1) is 23.4 Å². The fourth-order valence-corrected chi connectivity index (χ4v) is 3.23. The number of aromatic nitrogens is 1. The number of halogens is 4. The number of hydrogen-bond donors (Lipinski definition) is 2. The van der Waals surface area contributed by atoms with Crippen molar-refractivity contribution in [3.63, 3.8) is 0 Å². The highest BCUT2D eigenvalue weighted by molar-refractivity contribution is 6.30. The Bertz CT molecular complexity index is 1260. The number of para-hydroxylation sites is 1. The van der Waals surface area contributed by atoms with Crippen LogP contribution >= 0.6 is 11.6 Å². The zero-order chi connectivity index (χ0) is 24.9. The maximum absolute atomic E-state index is 13.0. The smallest absolute Gasteiger partial charge is 0.417 e. The maximum atomic E-state index is 13.0. The third-order valence-electron chi connectivity index (χ3n) is 4.55. The SMILES string of the molecule is CCOc1ccc(NC(=O)c2ccccc2NC(=O)Cn2cc(C(F)(F)F)cc(Cl)c2=O)cc1. The Hall–Kier alpha value is -3.79. The van der Waals surface area contributed by atoms with E-state index in [0.717, 1.165) is 0 Å². The van der Waals surface area contributed by atoms with Crippen molar-refractivity contribution >= 4 is 34.8 Å². The van der Waals surface area contributed by atoms with E-state index in [1.165, 1.54) is 12.1 Å². The van der Waals surface area contributed by atoms with Gasteiger partial charge in [-0.15, -0.1) is 0 Å². The molecule has 11 heteroatoms. The third kappa shape index (κ3) is 6.16. The number of alkyl halides is 3. The van der Waals surface area contributed by atoms with Gasteiger partial charge in [-0.3, -0.25) is 14.4 Å². The second-order valence-corrected chi connectivity index (χ2v) is 7.42. The Morgan fingerprint density at radius 3 is 2.38 bits per heavy atom. The van der Waals surface area contributed by atoms with Gasteiger partial charge in [0, 0.05) is 11.9 Å². The molecular formula is C23H19ClF3N3O4. The molecule has 7 nitrogen and oxygen atoms in total. The van der Waals surface area contributed by atoms with Crippen LogP contribution in [-0.2, 0) is 17.5 Å². The number of carbonyl (C=O) groups excluding carboxylic acids is 2.